The molecule has 0 radical (unpaired) electrons. The minimum atomic E-state index is 0.432. The molecule has 2 aliphatic carbocycles. The van der Waals surface area contributed by atoms with Crippen LogP contribution in [0, 0.1) is 22.7 Å². The van der Waals surface area contributed by atoms with Crippen LogP contribution in [0.5, 0.6) is 0 Å². The van der Waals surface area contributed by atoms with E-state index in [2.05, 4.69) is 57.7 Å². The molecule has 3 rings (SSSR count). The Hall–Kier alpha value is -0.690. The van der Waals surface area contributed by atoms with E-state index in [0.717, 1.165) is 5.92 Å². The first-order chi connectivity index (χ1) is 10.5. The predicted octanol–water partition coefficient (Wildman–Crippen LogP) is 6.58. The zero-order valence-electron chi connectivity index (χ0n) is 14.4. The molecule has 0 saturated heterocycles. The second-order valence-electron chi connectivity index (χ2n) is 7.96. The number of fused-ring (bicyclic) bond motifs is 1. The Kier molecular flexibility index (Phi) is 4.47. The molecule has 0 amide bonds. The standard InChI is InChI=1S/C21H30S/c1-16-12-14-20(3)17(2)9-8-13-21(20,4)19(16)15-22-18-10-6-5-7-11-18/h5-7,10-11,17,19H,1,8-9,12-15H2,2-4H3/t17-,19-,20+,21+/m1/s1. The molecule has 4 atom stereocenters. The fourth-order valence-electron chi connectivity index (χ4n) is 5.09. The lowest BCUT2D eigenvalue weighted by Gasteiger charge is -2.61. The number of hydrogen-bond donors (Lipinski definition) is 0. The van der Waals surface area contributed by atoms with Gasteiger partial charge in [0.15, 0.2) is 0 Å². The van der Waals surface area contributed by atoms with Crippen LogP contribution in [0.15, 0.2) is 47.4 Å². The van der Waals surface area contributed by atoms with E-state index < -0.39 is 0 Å². The molecule has 120 valence electrons. The highest BCUT2D eigenvalue weighted by atomic mass is 32.2. The van der Waals surface area contributed by atoms with E-state index in [1.807, 2.05) is 11.8 Å². The monoisotopic (exact) mass is 314 g/mol. The van der Waals surface area contributed by atoms with Gasteiger partial charge in [-0.05, 0) is 54.1 Å². The molecule has 0 spiro atoms. The molecule has 2 saturated carbocycles. The topological polar surface area (TPSA) is 0 Å². The minimum Gasteiger partial charge on any atom is -0.126 e. The molecule has 1 aromatic carbocycles. The number of allylic oxidation sites excluding steroid dienone is 1. The highest BCUT2D eigenvalue weighted by Crippen LogP contribution is 2.64. The highest BCUT2D eigenvalue weighted by molar-refractivity contribution is 7.99. The number of benzene rings is 1. The summed E-state index contributed by atoms with van der Waals surface area (Å²) in [4.78, 5) is 1.40. The summed E-state index contributed by atoms with van der Waals surface area (Å²) >= 11 is 2.02. The average Bonchev–Trinajstić information content (AvgIpc) is 2.51. The van der Waals surface area contributed by atoms with Crippen LogP contribution in [0.4, 0.5) is 0 Å². The van der Waals surface area contributed by atoms with Crippen LogP contribution in [-0.4, -0.2) is 5.75 Å². The molecule has 0 aromatic heterocycles. The summed E-state index contributed by atoms with van der Waals surface area (Å²) in [5, 5.41) is 0. The van der Waals surface area contributed by atoms with Gasteiger partial charge in [0.05, 0.1) is 0 Å². The SMILES string of the molecule is C=C1CC[C@@]2(C)[C@H](C)CCC[C@@]2(C)[C@@H]1CSc1ccccc1. The molecule has 0 bridgehead atoms. The fourth-order valence-corrected chi connectivity index (χ4v) is 6.40. The van der Waals surface area contributed by atoms with Crippen LogP contribution in [0.2, 0.25) is 0 Å². The van der Waals surface area contributed by atoms with E-state index in [9.17, 15) is 0 Å². The van der Waals surface area contributed by atoms with Crippen molar-refractivity contribution >= 4 is 11.8 Å². The second kappa shape index (κ2) is 6.07. The lowest BCUT2D eigenvalue weighted by molar-refractivity contribution is -0.0815. The Labute approximate surface area is 140 Å². The zero-order valence-corrected chi connectivity index (χ0v) is 15.2. The summed E-state index contributed by atoms with van der Waals surface area (Å²) < 4.78 is 0. The van der Waals surface area contributed by atoms with E-state index in [1.54, 1.807) is 0 Å². The number of hydrogen-bond acceptors (Lipinski definition) is 1. The van der Waals surface area contributed by atoms with Gasteiger partial charge in [0, 0.05) is 10.6 Å². The lowest BCUT2D eigenvalue weighted by Crippen LogP contribution is -2.53. The van der Waals surface area contributed by atoms with Gasteiger partial charge >= 0.3 is 0 Å². The van der Waals surface area contributed by atoms with E-state index >= 15 is 0 Å². The summed E-state index contributed by atoms with van der Waals surface area (Å²) in [6.07, 6.45) is 6.77. The Morgan fingerprint density at radius 2 is 1.86 bits per heavy atom. The van der Waals surface area contributed by atoms with Gasteiger partial charge in [0.1, 0.15) is 0 Å². The maximum atomic E-state index is 4.49. The van der Waals surface area contributed by atoms with Crippen molar-refractivity contribution < 1.29 is 0 Å². The maximum Gasteiger partial charge on any atom is 0.00721 e. The van der Waals surface area contributed by atoms with Crippen LogP contribution in [0.25, 0.3) is 0 Å². The molecule has 22 heavy (non-hydrogen) atoms. The van der Waals surface area contributed by atoms with Crippen molar-refractivity contribution in [2.45, 2.75) is 57.8 Å². The number of rotatable bonds is 3. The first-order valence-corrected chi connectivity index (χ1v) is 9.81. The van der Waals surface area contributed by atoms with Crippen molar-refractivity contribution in [3.8, 4) is 0 Å². The van der Waals surface area contributed by atoms with Crippen LogP contribution in [0.1, 0.15) is 52.9 Å². The summed E-state index contributed by atoms with van der Waals surface area (Å²) in [6, 6.07) is 10.9. The lowest BCUT2D eigenvalue weighted by atomic mass is 9.44. The quantitative estimate of drug-likeness (QED) is 0.448. The van der Waals surface area contributed by atoms with E-state index in [1.165, 1.54) is 48.3 Å². The summed E-state index contributed by atoms with van der Waals surface area (Å²) in [7, 11) is 0. The molecule has 1 aromatic rings. The summed E-state index contributed by atoms with van der Waals surface area (Å²) in [5.41, 5.74) is 2.44. The molecule has 0 heterocycles. The molecular formula is C21H30S. The minimum absolute atomic E-state index is 0.432. The molecule has 0 unspecified atom stereocenters. The predicted molar refractivity (Wildman–Crippen MR) is 98.3 cm³/mol. The van der Waals surface area contributed by atoms with Crippen molar-refractivity contribution in [3.05, 3.63) is 42.5 Å². The van der Waals surface area contributed by atoms with Gasteiger partial charge < -0.3 is 0 Å². The third-order valence-electron chi connectivity index (χ3n) is 7.11. The molecular weight excluding hydrogens is 284 g/mol. The van der Waals surface area contributed by atoms with Crippen LogP contribution in [0.3, 0.4) is 0 Å². The van der Waals surface area contributed by atoms with E-state index in [4.69, 9.17) is 0 Å². The van der Waals surface area contributed by atoms with Crippen molar-refractivity contribution in [2.24, 2.45) is 22.7 Å². The molecule has 0 nitrogen and oxygen atoms in total. The van der Waals surface area contributed by atoms with Gasteiger partial charge in [-0.15, -0.1) is 11.8 Å². The molecule has 2 fully saturated rings. The molecule has 2 aliphatic rings. The number of thioether (sulfide) groups is 1. The van der Waals surface area contributed by atoms with E-state index in [-0.39, 0.29) is 0 Å². The second-order valence-corrected chi connectivity index (χ2v) is 9.06. The first kappa shape index (κ1) is 16.2. The summed E-state index contributed by atoms with van der Waals surface area (Å²) in [5.74, 6) is 2.71. The maximum absolute atomic E-state index is 4.49. The van der Waals surface area contributed by atoms with Gasteiger partial charge in [-0.3, -0.25) is 0 Å². The van der Waals surface area contributed by atoms with Gasteiger partial charge in [0.25, 0.3) is 0 Å². The highest BCUT2D eigenvalue weighted by Gasteiger charge is 2.56. The van der Waals surface area contributed by atoms with Crippen molar-refractivity contribution in [3.63, 3.8) is 0 Å². The smallest absolute Gasteiger partial charge is 0.00721 e. The van der Waals surface area contributed by atoms with Crippen LogP contribution < -0.4 is 0 Å². The average molecular weight is 315 g/mol. The van der Waals surface area contributed by atoms with Gasteiger partial charge in [0.2, 0.25) is 0 Å². The van der Waals surface area contributed by atoms with Crippen molar-refractivity contribution in [2.75, 3.05) is 5.75 Å². The molecule has 1 heteroatoms. The molecule has 0 N–H and O–H groups in total. The van der Waals surface area contributed by atoms with Crippen molar-refractivity contribution in [1.29, 1.82) is 0 Å². The third kappa shape index (κ3) is 2.56. The zero-order chi connectivity index (χ0) is 15.8. The van der Waals surface area contributed by atoms with Crippen LogP contribution in [-0.2, 0) is 0 Å². The van der Waals surface area contributed by atoms with E-state index in [0.29, 0.717) is 16.7 Å². The van der Waals surface area contributed by atoms with Gasteiger partial charge in [-0.1, -0.05) is 64.0 Å². The Bertz CT molecular complexity index is 534. The Morgan fingerprint density at radius 3 is 2.59 bits per heavy atom. The normalized spacial score (nSPS) is 38.6. The largest absolute Gasteiger partial charge is 0.126 e. The fraction of sp³-hybridized carbons (Fsp3) is 0.619. The van der Waals surface area contributed by atoms with Crippen LogP contribution >= 0.6 is 11.8 Å². The Morgan fingerprint density at radius 1 is 1.14 bits per heavy atom. The Balaban J connectivity index is 1.83. The summed E-state index contributed by atoms with van der Waals surface area (Å²) in [6.45, 7) is 12.1. The first-order valence-electron chi connectivity index (χ1n) is 8.83. The van der Waals surface area contributed by atoms with Gasteiger partial charge in [-0.25, -0.2) is 0 Å². The molecule has 0 aliphatic heterocycles. The van der Waals surface area contributed by atoms with Gasteiger partial charge in [-0.2, -0.15) is 0 Å². The third-order valence-corrected chi connectivity index (χ3v) is 8.22. The van der Waals surface area contributed by atoms with Crippen molar-refractivity contribution in [1.82, 2.24) is 0 Å².